The van der Waals surface area contributed by atoms with Crippen LogP contribution in [0.5, 0.6) is 5.75 Å². The smallest absolute Gasteiger partial charge is 0.410 e. The summed E-state index contributed by atoms with van der Waals surface area (Å²) >= 11 is 0. The molecule has 1 aromatic carbocycles. The molecule has 2 rings (SSSR count). The maximum atomic E-state index is 13.1. The third-order valence-corrected chi connectivity index (χ3v) is 4.42. The van der Waals surface area contributed by atoms with Gasteiger partial charge in [-0.05, 0) is 45.0 Å². The Bertz CT molecular complexity index is 842. The van der Waals surface area contributed by atoms with Gasteiger partial charge in [0.2, 0.25) is 5.91 Å². The summed E-state index contributed by atoms with van der Waals surface area (Å²) in [7, 11) is 1.50. The Morgan fingerprint density at radius 1 is 1.16 bits per heavy atom. The van der Waals surface area contributed by atoms with Crippen molar-refractivity contribution < 1.29 is 33.4 Å². The highest BCUT2D eigenvalue weighted by Crippen LogP contribution is 2.20. The topological polar surface area (TPSA) is 102 Å². The van der Waals surface area contributed by atoms with Gasteiger partial charge < -0.3 is 19.1 Å². The van der Waals surface area contributed by atoms with Crippen molar-refractivity contribution in [3.8, 4) is 5.75 Å². The largest absolute Gasteiger partial charge is 0.497 e. The number of esters is 1. The highest BCUT2D eigenvalue weighted by Gasteiger charge is 2.41. The van der Waals surface area contributed by atoms with Crippen LogP contribution in [0.25, 0.3) is 0 Å². The normalized spacial score (nSPS) is 16.9. The molecule has 31 heavy (non-hydrogen) atoms. The van der Waals surface area contributed by atoms with Gasteiger partial charge in [0, 0.05) is 25.2 Å². The molecule has 0 aliphatic carbocycles. The minimum Gasteiger partial charge on any atom is -0.497 e. The molecule has 1 aliphatic heterocycles. The number of imide groups is 1. The molecule has 0 radical (unpaired) electrons. The predicted molar refractivity (Wildman–Crippen MR) is 111 cm³/mol. The van der Waals surface area contributed by atoms with E-state index in [2.05, 4.69) is 6.58 Å². The van der Waals surface area contributed by atoms with Gasteiger partial charge in [-0.3, -0.25) is 19.3 Å². The van der Waals surface area contributed by atoms with Gasteiger partial charge in [-0.2, -0.15) is 0 Å². The maximum Gasteiger partial charge on any atom is 0.410 e. The van der Waals surface area contributed by atoms with Gasteiger partial charge in [0.25, 0.3) is 5.91 Å². The quantitative estimate of drug-likeness (QED) is 0.304. The van der Waals surface area contributed by atoms with Gasteiger partial charge in [0.1, 0.15) is 18.0 Å². The van der Waals surface area contributed by atoms with Crippen molar-refractivity contribution in [1.29, 1.82) is 0 Å². The van der Waals surface area contributed by atoms with Gasteiger partial charge in [-0.1, -0.05) is 12.7 Å². The van der Waals surface area contributed by atoms with E-state index in [4.69, 9.17) is 14.2 Å². The van der Waals surface area contributed by atoms with Crippen LogP contribution in [-0.4, -0.2) is 72.6 Å². The monoisotopic (exact) mass is 432 g/mol. The van der Waals surface area contributed by atoms with Crippen LogP contribution in [0.1, 0.15) is 31.1 Å². The summed E-state index contributed by atoms with van der Waals surface area (Å²) in [6.07, 6.45) is 0.686. The fourth-order valence-corrected chi connectivity index (χ4v) is 2.91. The van der Waals surface area contributed by atoms with E-state index in [1.54, 1.807) is 32.9 Å². The minimum atomic E-state index is -1.36. The first-order valence-corrected chi connectivity index (χ1v) is 9.82. The Balaban J connectivity index is 2.31. The molecule has 9 heteroatoms. The van der Waals surface area contributed by atoms with Gasteiger partial charge in [-0.15, -0.1) is 0 Å². The van der Waals surface area contributed by atoms with Crippen molar-refractivity contribution in [3.05, 3.63) is 42.5 Å². The average Bonchev–Trinajstić information content (AvgIpc) is 2.89. The minimum absolute atomic E-state index is 0.0216. The molecule has 1 aromatic rings. The number of methoxy groups -OCH3 is 1. The molecule has 3 amide bonds. The van der Waals surface area contributed by atoms with Crippen molar-refractivity contribution in [2.75, 3.05) is 33.4 Å². The predicted octanol–water partition coefficient (Wildman–Crippen LogP) is 2.26. The van der Waals surface area contributed by atoms with Crippen LogP contribution in [0.4, 0.5) is 4.79 Å². The first-order valence-electron chi connectivity index (χ1n) is 9.82. The molecule has 0 N–H and O–H groups in total. The standard InChI is InChI=1S/C22H28N2O7/c1-6-13-30-20(27)17-14-23(21(28)31-22(2,3)4)11-12-24(19(17)26)18(25)15-7-9-16(29-5)10-8-15/h6-10,17H,1,11-14H2,2-5H3. The Morgan fingerprint density at radius 3 is 2.35 bits per heavy atom. The lowest BCUT2D eigenvalue weighted by molar-refractivity contribution is -0.153. The van der Waals surface area contributed by atoms with Crippen molar-refractivity contribution in [3.63, 3.8) is 0 Å². The number of nitrogens with zero attached hydrogens (tertiary/aromatic N) is 2. The zero-order chi connectivity index (χ0) is 23.2. The number of ether oxygens (including phenoxy) is 3. The SMILES string of the molecule is C=CCOC(=O)C1CN(C(=O)OC(C)(C)C)CCN(C(=O)c2ccc(OC)cc2)C1=O. The molecule has 168 valence electrons. The summed E-state index contributed by atoms with van der Waals surface area (Å²) in [5, 5.41) is 0. The summed E-state index contributed by atoms with van der Waals surface area (Å²) in [5.41, 5.74) is -0.511. The van der Waals surface area contributed by atoms with E-state index < -0.39 is 35.4 Å². The third-order valence-electron chi connectivity index (χ3n) is 4.42. The second-order valence-electron chi connectivity index (χ2n) is 7.92. The van der Waals surface area contributed by atoms with E-state index in [9.17, 15) is 19.2 Å². The molecule has 1 heterocycles. The Hall–Kier alpha value is -3.36. The number of hydrogen-bond donors (Lipinski definition) is 0. The highest BCUT2D eigenvalue weighted by molar-refractivity contribution is 6.10. The molecule has 1 unspecified atom stereocenters. The van der Waals surface area contributed by atoms with E-state index in [0.29, 0.717) is 5.75 Å². The van der Waals surface area contributed by atoms with E-state index in [1.165, 1.54) is 30.2 Å². The molecule has 1 fully saturated rings. The van der Waals surface area contributed by atoms with E-state index in [-0.39, 0.29) is 31.8 Å². The van der Waals surface area contributed by atoms with Crippen LogP contribution >= 0.6 is 0 Å². The van der Waals surface area contributed by atoms with Crippen LogP contribution in [0.3, 0.4) is 0 Å². The van der Waals surface area contributed by atoms with Crippen LogP contribution in [-0.2, 0) is 19.1 Å². The maximum absolute atomic E-state index is 13.1. The van der Waals surface area contributed by atoms with Crippen LogP contribution in [0, 0.1) is 5.92 Å². The summed E-state index contributed by atoms with van der Waals surface area (Å²) in [6, 6.07) is 6.24. The van der Waals surface area contributed by atoms with Crippen molar-refractivity contribution in [1.82, 2.24) is 9.80 Å². The van der Waals surface area contributed by atoms with E-state index in [0.717, 1.165) is 4.90 Å². The summed E-state index contributed by atoms with van der Waals surface area (Å²) < 4.78 is 15.5. The number of carbonyl (C=O) groups is 4. The number of carbonyl (C=O) groups excluding carboxylic acids is 4. The second kappa shape index (κ2) is 10.1. The van der Waals surface area contributed by atoms with Crippen molar-refractivity contribution in [2.45, 2.75) is 26.4 Å². The van der Waals surface area contributed by atoms with E-state index in [1.807, 2.05) is 0 Å². The molecule has 0 saturated carbocycles. The van der Waals surface area contributed by atoms with Crippen molar-refractivity contribution >= 4 is 23.9 Å². The third kappa shape index (κ3) is 6.31. The molecule has 0 aromatic heterocycles. The van der Waals surface area contributed by atoms with Crippen molar-refractivity contribution in [2.24, 2.45) is 5.92 Å². The Morgan fingerprint density at radius 2 is 1.81 bits per heavy atom. The zero-order valence-electron chi connectivity index (χ0n) is 18.3. The molecule has 1 saturated heterocycles. The van der Waals surface area contributed by atoms with Gasteiger partial charge in [0.15, 0.2) is 5.92 Å². The molecule has 0 bridgehead atoms. The van der Waals surface area contributed by atoms with Crippen LogP contribution < -0.4 is 4.74 Å². The Kier molecular flexibility index (Phi) is 7.79. The first-order chi connectivity index (χ1) is 14.6. The molecular weight excluding hydrogens is 404 g/mol. The van der Waals surface area contributed by atoms with Crippen LogP contribution in [0.2, 0.25) is 0 Å². The molecular formula is C22H28N2O7. The van der Waals surface area contributed by atoms with Crippen LogP contribution in [0.15, 0.2) is 36.9 Å². The molecule has 1 atom stereocenters. The van der Waals surface area contributed by atoms with Gasteiger partial charge in [-0.25, -0.2) is 4.79 Å². The highest BCUT2D eigenvalue weighted by atomic mass is 16.6. The lowest BCUT2D eigenvalue weighted by Gasteiger charge is -2.27. The fourth-order valence-electron chi connectivity index (χ4n) is 2.91. The average molecular weight is 432 g/mol. The number of hydrogen-bond acceptors (Lipinski definition) is 7. The van der Waals surface area contributed by atoms with Gasteiger partial charge in [0.05, 0.1) is 7.11 Å². The number of amides is 3. The zero-order valence-corrected chi connectivity index (χ0v) is 18.3. The lowest BCUT2D eigenvalue weighted by atomic mass is 10.1. The molecule has 1 aliphatic rings. The molecule has 0 spiro atoms. The number of rotatable bonds is 5. The number of benzene rings is 1. The second-order valence-corrected chi connectivity index (χ2v) is 7.92. The molecule has 9 nitrogen and oxygen atoms in total. The summed E-state index contributed by atoms with van der Waals surface area (Å²) in [6.45, 7) is 8.19. The fraction of sp³-hybridized carbons (Fsp3) is 0.455. The van der Waals surface area contributed by atoms with Gasteiger partial charge >= 0.3 is 12.1 Å². The lowest BCUT2D eigenvalue weighted by Crippen LogP contribution is -2.44. The summed E-state index contributed by atoms with van der Waals surface area (Å²) in [5.74, 6) is -2.97. The van der Waals surface area contributed by atoms with E-state index >= 15 is 0 Å². The first kappa shape index (κ1) is 23.9. The summed E-state index contributed by atoms with van der Waals surface area (Å²) in [4.78, 5) is 53.4. The Labute approximate surface area is 181 Å².